The van der Waals surface area contributed by atoms with Gasteiger partial charge in [0.05, 0.1) is 6.04 Å². The van der Waals surface area contributed by atoms with E-state index in [0.717, 1.165) is 17.8 Å². The number of anilines is 2. The highest BCUT2D eigenvalue weighted by Crippen LogP contribution is 2.52. The molecular weight excluding hydrogens is 404 g/mol. The van der Waals surface area contributed by atoms with Gasteiger partial charge in [0.25, 0.3) is 0 Å². The van der Waals surface area contributed by atoms with Crippen LogP contribution in [0, 0.1) is 11.8 Å². The Balaban J connectivity index is 1.49. The second-order valence-corrected chi connectivity index (χ2v) is 9.65. The van der Waals surface area contributed by atoms with Crippen molar-refractivity contribution in [1.82, 2.24) is 0 Å². The van der Waals surface area contributed by atoms with Crippen LogP contribution in [0.15, 0.2) is 84.9 Å². The average Bonchev–Trinajstić information content (AvgIpc) is 3.33. The molecule has 0 bridgehead atoms. The zero-order valence-electron chi connectivity index (χ0n) is 19.0. The fourth-order valence-corrected chi connectivity index (χ4v) is 5.63. The average molecular weight is 433 g/mol. The number of nitrogens with one attached hydrogen (secondary N) is 2. The molecule has 0 saturated carbocycles. The first-order valence-electron chi connectivity index (χ1n) is 11.9. The predicted molar refractivity (Wildman–Crippen MR) is 138 cm³/mol. The number of rotatable bonds is 3. The summed E-state index contributed by atoms with van der Waals surface area (Å²) in [6.45, 7) is 3.84. The van der Waals surface area contributed by atoms with Crippen LogP contribution in [-0.4, -0.2) is 5.91 Å². The summed E-state index contributed by atoms with van der Waals surface area (Å²) in [5, 5.41) is 12.2. The van der Waals surface area contributed by atoms with Gasteiger partial charge in [-0.3, -0.25) is 4.79 Å². The van der Waals surface area contributed by atoms with Crippen LogP contribution in [0.5, 0.6) is 0 Å². The van der Waals surface area contributed by atoms with Crippen LogP contribution in [0.25, 0.3) is 21.5 Å². The molecule has 0 radical (unpaired) electrons. The largest absolute Gasteiger partial charge is 0.378 e. The van der Waals surface area contributed by atoms with Crippen molar-refractivity contribution >= 4 is 38.8 Å². The molecule has 0 aromatic heterocycles. The molecule has 3 nitrogen and oxygen atoms in total. The third-order valence-corrected chi connectivity index (χ3v) is 7.28. The molecule has 4 aromatic rings. The lowest BCUT2D eigenvalue weighted by molar-refractivity contribution is -0.118. The fraction of sp³-hybridized carbons (Fsp3) is 0.233. The summed E-state index contributed by atoms with van der Waals surface area (Å²) in [6.07, 6.45) is 5.73. The lowest BCUT2D eigenvalue weighted by Crippen LogP contribution is -2.29. The number of amides is 1. The van der Waals surface area contributed by atoms with E-state index in [1.165, 1.54) is 32.7 Å². The highest BCUT2D eigenvalue weighted by atomic mass is 16.1. The van der Waals surface area contributed by atoms with Gasteiger partial charge in [-0.1, -0.05) is 74.5 Å². The quantitative estimate of drug-likeness (QED) is 0.261. The van der Waals surface area contributed by atoms with Gasteiger partial charge in [-0.25, -0.2) is 0 Å². The fourth-order valence-electron chi connectivity index (χ4n) is 5.63. The molecule has 0 fully saturated rings. The molecule has 2 N–H and O–H groups in total. The van der Waals surface area contributed by atoms with E-state index in [4.69, 9.17) is 0 Å². The molecule has 0 spiro atoms. The maximum absolute atomic E-state index is 12.3. The zero-order chi connectivity index (χ0) is 22.5. The number of allylic oxidation sites excluding steroid dienone is 2. The summed E-state index contributed by atoms with van der Waals surface area (Å²) >= 11 is 0. The summed E-state index contributed by atoms with van der Waals surface area (Å²) in [7, 11) is 0. The van der Waals surface area contributed by atoms with E-state index >= 15 is 0 Å². The van der Waals surface area contributed by atoms with Crippen molar-refractivity contribution in [3.8, 4) is 0 Å². The van der Waals surface area contributed by atoms with Crippen molar-refractivity contribution in [3.63, 3.8) is 0 Å². The molecule has 3 atom stereocenters. The molecule has 4 aromatic carbocycles. The van der Waals surface area contributed by atoms with Gasteiger partial charge in [0.15, 0.2) is 0 Å². The Morgan fingerprint density at radius 3 is 2.33 bits per heavy atom. The van der Waals surface area contributed by atoms with E-state index in [0.29, 0.717) is 11.8 Å². The minimum atomic E-state index is -0.0395. The van der Waals surface area contributed by atoms with Crippen LogP contribution in [0.2, 0.25) is 0 Å². The number of benzene rings is 4. The van der Waals surface area contributed by atoms with Gasteiger partial charge in [0, 0.05) is 23.2 Å². The maximum Gasteiger partial charge on any atom is 0.226 e. The second kappa shape index (κ2) is 7.77. The van der Waals surface area contributed by atoms with Gasteiger partial charge >= 0.3 is 0 Å². The first kappa shape index (κ1) is 20.0. The highest BCUT2D eigenvalue weighted by molar-refractivity contribution is 6.03. The van der Waals surface area contributed by atoms with E-state index in [2.05, 4.69) is 89.5 Å². The summed E-state index contributed by atoms with van der Waals surface area (Å²) < 4.78 is 0. The highest BCUT2D eigenvalue weighted by Gasteiger charge is 2.39. The van der Waals surface area contributed by atoms with Crippen molar-refractivity contribution in [1.29, 1.82) is 0 Å². The summed E-state index contributed by atoms with van der Waals surface area (Å²) in [5.74, 6) is 0.780. The Morgan fingerprint density at radius 1 is 0.939 bits per heavy atom. The van der Waals surface area contributed by atoms with Crippen molar-refractivity contribution in [2.75, 3.05) is 10.6 Å². The van der Waals surface area contributed by atoms with Crippen LogP contribution >= 0.6 is 0 Å². The number of carbonyl (C=O) groups is 1. The molecular formula is C30H28N2O. The Morgan fingerprint density at radius 2 is 1.64 bits per heavy atom. The van der Waals surface area contributed by atoms with Crippen LogP contribution in [0.4, 0.5) is 11.4 Å². The topological polar surface area (TPSA) is 41.1 Å². The molecule has 3 heteroatoms. The number of carbonyl (C=O) groups excluding carboxylic acids is 1. The Hall–Kier alpha value is -3.59. The minimum Gasteiger partial charge on any atom is -0.378 e. The van der Waals surface area contributed by atoms with Crippen LogP contribution in [0.3, 0.4) is 0 Å². The Bertz CT molecular complexity index is 1360. The Kier molecular flexibility index (Phi) is 4.72. The number of hydrogen-bond acceptors (Lipinski definition) is 2. The summed E-state index contributed by atoms with van der Waals surface area (Å²) in [5.41, 5.74) is 4.70. The first-order chi connectivity index (χ1) is 16.1. The minimum absolute atomic E-state index is 0.0395. The maximum atomic E-state index is 12.3. The first-order valence-corrected chi connectivity index (χ1v) is 11.9. The van der Waals surface area contributed by atoms with Crippen LogP contribution < -0.4 is 10.6 Å². The summed E-state index contributed by atoms with van der Waals surface area (Å²) in [6, 6.07) is 26.3. The van der Waals surface area contributed by atoms with Gasteiger partial charge in [-0.05, 0) is 69.3 Å². The molecule has 3 unspecified atom stereocenters. The van der Waals surface area contributed by atoms with Crippen LogP contribution in [-0.2, 0) is 4.79 Å². The van der Waals surface area contributed by atoms with E-state index in [1.54, 1.807) is 0 Å². The van der Waals surface area contributed by atoms with Crippen molar-refractivity contribution in [3.05, 3.63) is 96.1 Å². The standard InChI is InChI=1S/C30H28N2O/c1-18(2)30(33)31-21-14-15-27-26(17-21)24-12-7-13-25(24)29(32-27)28-22-10-5-3-8-19(22)16-20-9-4-6-11-23(20)28/h3-12,14-18,24-25,29,32H,13H2,1-2H3,(H,31,33). The SMILES string of the molecule is CC(C)C(=O)Nc1ccc2c(c1)C1C=CCC1C(c1c3ccccc3cc3ccccc13)N2. The molecule has 1 aliphatic carbocycles. The normalized spacial score (nSPS) is 21.1. The second-order valence-electron chi connectivity index (χ2n) is 9.65. The lowest BCUT2D eigenvalue weighted by atomic mass is 9.75. The van der Waals surface area contributed by atoms with Gasteiger partial charge in [-0.2, -0.15) is 0 Å². The van der Waals surface area contributed by atoms with Crippen molar-refractivity contribution in [2.45, 2.75) is 32.2 Å². The zero-order valence-corrected chi connectivity index (χ0v) is 19.0. The third kappa shape index (κ3) is 3.31. The molecule has 2 aliphatic rings. The molecule has 164 valence electrons. The molecule has 1 aliphatic heterocycles. The van der Waals surface area contributed by atoms with Gasteiger partial charge in [0.1, 0.15) is 0 Å². The third-order valence-electron chi connectivity index (χ3n) is 7.28. The van der Waals surface area contributed by atoms with E-state index in [-0.39, 0.29) is 17.9 Å². The van der Waals surface area contributed by atoms with Crippen molar-refractivity contribution < 1.29 is 4.79 Å². The van der Waals surface area contributed by atoms with E-state index in [1.807, 2.05) is 19.9 Å². The molecule has 0 saturated heterocycles. The van der Waals surface area contributed by atoms with E-state index in [9.17, 15) is 4.79 Å². The molecule has 1 heterocycles. The predicted octanol–water partition coefficient (Wildman–Crippen LogP) is 7.41. The number of fused-ring (bicyclic) bond motifs is 5. The smallest absolute Gasteiger partial charge is 0.226 e. The van der Waals surface area contributed by atoms with Gasteiger partial charge in [0.2, 0.25) is 5.91 Å². The monoisotopic (exact) mass is 432 g/mol. The van der Waals surface area contributed by atoms with Gasteiger partial charge < -0.3 is 10.6 Å². The molecule has 1 amide bonds. The summed E-state index contributed by atoms with van der Waals surface area (Å²) in [4.78, 5) is 12.3. The number of hydrogen-bond donors (Lipinski definition) is 2. The lowest BCUT2D eigenvalue weighted by Gasteiger charge is -2.38. The van der Waals surface area contributed by atoms with Crippen LogP contribution in [0.1, 0.15) is 43.4 Å². The van der Waals surface area contributed by atoms with E-state index < -0.39 is 0 Å². The van der Waals surface area contributed by atoms with Gasteiger partial charge in [-0.15, -0.1) is 0 Å². The Labute approximate surface area is 194 Å². The molecule has 33 heavy (non-hydrogen) atoms. The van der Waals surface area contributed by atoms with Crippen molar-refractivity contribution in [2.24, 2.45) is 11.8 Å². The molecule has 6 rings (SSSR count).